The number of hydrogen-bond donors (Lipinski definition) is 0. The van der Waals surface area contributed by atoms with Crippen LogP contribution in [0.25, 0.3) is 11.8 Å². The zero-order valence-electron chi connectivity index (χ0n) is 19.1. The van der Waals surface area contributed by atoms with Crippen LogP contribution in [0.4, 0.5) is 0 Å². The molecule has 2 aliphatic rings. The number of rotatable bonds is 3. The number of aryl methyl sites for hydroxylation is 1. The van der Waals surface area contributed by atoms with Crippen LogP contribution in [-0.4, -0.2) is 11.7 Å². The lowest BCUT2D eigenvalue weighted by molar-refractivity contribution is 0.413. The maximum atomic E-state index is 13.9. The van der Waals surface area contributed by atoms with Crippen LogP contribution in [-0.2, 0) is 6.42 Å². The third kappa shape index (κ3) is 3.97. The normalized spacial score (nSPS) is 16.8. The highest BCUT2D eigenvalue weighted by Crippen LogP contribution is 2.43. The summed E-state index contributed by atoms with van der Waals surface area (Å²) in [6.45, 7) is 0. The van der Waals surface area contributed by atoms with E-state index in [0.29, 0.717) is 25.1 Å². The SMILES string of the molecule is COc1ccc(Br)cc1C=c1sc2n(c1=O)C(c1ccc(Cl)cc1Cl)C1=C(N=2)c2ccccc2CC1. The molecule has 0 fully saturated rings. The average Bonchev–Trinajstić information content (AvgIpc) is 3.18. The molecule has 4 nitrogen and oxygen atoms in total. The van der Waals surface area contributed by atoms with Crippen molar-refractivity contribution in [2.45, 2.75) is 18.9 Å². The number of methoxy groups -OCH3 is 1. The van der Waals surface area contributed by atoms with E-state index in [2.05, 4.69) is 34.1 Å². The Bertz CT molecular complexity index is 1760. The molecule has 0 amide bonds. The molecule has 3 aromatic carbocycles. The molecule has 0 spiro atoms. The fourth-order valence-electron chi connectivity index (χ4n) is 4.98. The fourth-order valence-corrected chi connectivity index (χ4v) is 6.86. The van der Waals surface area contributed by atoms with Crippen LogP contribution in [0.3, 0.4) is 0 Å². The number of ether oxygens (including phenoxy) is 1. The monoisotopic (exact) mass is 596 g/mol. The number of hydrogen-bond acceptors (Lipinski definition) is 4. The molecule has 36 heavy (non-hydrogen) atoms. The largest absolute Gasteiger partial charge is 0.496 e. The first-order valence-corrected chi connectivity index (χ1v) is 13.7. The van der Waals surface area contributed by atoms with Gasteiger partial charge in [0.2, 0.25) is 0 Å². The van der Waals surface area contributed by atoms with Gasteiger partial charge < -0.3 is 4.74 Å². The molecule has 1 unspecified atom stereocenters. The smallest absolute Gasteiger partial charge is 0.271 e. The molecule has 8 heteroatoms. The van der Waals surface area contributed by atoms with Crippen molar-refractivity contribution in [3.8, 4) is 5.75 Å². The van der Waals surface area contributed by atoms with E-state index in [1.165, 1.54) is 16.9 Å². The summed E-state index contributed by atoms with van der Waals surface area (Å²) < 4.78 is 8.79. The Hall–Kier alpha value is -2.64. The summed E-state index contributed by atoms with van der Waals surface area (Å²) >= 11 is 17.8. The molecule has 1 aromatic heterocycles. The molecule has 0 saturated heterocycles. The summed E-state index contributed by atoms with van der Waals surface area (Å²) in [5.74, 6) is 0.689. The van der Waals surface area contributed by atoms with Crippen molar-refractivity contribution < 1.29 is 4.74 Å². The molecule has 1 aliphatic carbocycles. The second-order valence-corrected chi connectivity index (χ2v) is 11.4. The van der Waals surface area contributed by atoms with Gasteiger partial charge in [0.25, 0.3) is 5.56 Å². The second-order valence-electron chi connectivity index (χ2n) is 8.67. The molecule has 1 atom stereocenters. The molecule has 0 saturated carbocycles. The third-order valence-corrected chi connectivity index (χ3v) is 8.65. The fraction of sp³-hybridized carbons (Fsp3) is 0.143. The lowest BCUT2D eigenvalue weighted by atomic mass is 9.83. The number of fused-ring (bicyclic) bond motifs is 3. The Morgan fingerprint density at radius 1 is 1.11 bits per heavy atom. The Balaban J connectivity index is 1.65. The first-order chi connectivity index (χ1) is 17.4. The van der Waals surface area contributed by atoms with E-state index in [4.69, 9.17) is 32.9 Å². The van der Waals surface area contributed by atoms with Crippen molar-refractivity contribution in [2.75, 3.05) is 7.11 Å². The Labute approximate surface area is 229 Å². The van der Waals surface area contributed by atoms with Crippen LogP contribution in [0.5, 0.6) is 5.75 Å². The number of aromatic nitrogens is 1. The van der Waals surface area contributed by atoms with Gasteiger partial charge in [0.15, 0.2) is 4.80 Å². The van der Waals surface area contributed by atoms with E-state index in [0.717, 1.165) is 45.3 Å². The quantitative estimate of drug-likeness (QED) is 0.274. The molecule has 0 bridgehead atoms. The minimum atomic E-state index is -0.360. The van der Waals surface area contributed by atoms with Gasteiger partial charge in [-0.05, 0) is 65.9 Å². The van der Waals surface area contributed by atoms with Crippen molar-refractivity contribution in [1.29, 1.82) is 0 Å². The van der Waals surface area contributed by atoms with Crippen molar-refractivity contribution >= 4 is 62.2 Å². The number of benzene rings is 3. The van der Waals surface area contributed by atoms with Gasteiger partial charge in [-0.2, -0.15) is 0 Å². The molecule has 180 valence electrons. The number of nitrogens with zero attached hydrogens (tertiary/aromatic N) is 2. The van der Waals surface area contributed by atoms with Gasteiger partial charge in [-0.25, -0.2) is 4.99 Å². The van der Waals surface area contributed by atoms with Crippen LogP contribution in [0.1, 0.15) is 34.7 Å². The van der Waals surface area contributed by atoms with Gasteiger partial charge in [-0.1, -0.05) is 80.8 Å². The van der Waals surface area contributed by atoms with Crippen LogP contribution < -0.4 is 19.6 Å². The van der Waals surface area contributed by atoms with Crippen molar-refractivity contribution in [3.05, 3.63) is 123 Å². The zero-order valence-corrected chi connectivity index (χ0v) is 23.0. The minimum Gasteiger partial charge on any atom is -0.496 e. The van der Waals surface area contributed by atoms with E-state index in [-0.39, 0.29) is 11.6 Å². The Kier molecular flexibility index (Phi) is 6.16. The number of allylic oxidation sites excluding steroid dienone is 1. The van der Waals surface area contributed by atoms with Gasteiger partial charge in [-0.15, -0.1) is 0 Å². The van der Waals surface area contributed by atoms with Crippen LogP contribution in [0.2, 0.25) is 10.0 Å². The van der Waals surface area contributed by atoms with E-state index >= 15 is 0 Å². The van der Waals surface area contributed by atoms with Crippen LogP contribution in [0.15, 0.2) is 80.5 Å². The predicted molar refractivity (Wildman–Crippen MR) is 150 cm³/mol. The summed E-state index contributed by atoms with van der Waals surface area (Å²) in [5, 5.41) is 1.09. The summed E-state index contributed by atoms with van der Waals surface area (Å²) in [5.41, 5.74) is 5.95. The van der Waals surface area contributed by atoms with Gasteiger partial charge in [-0.3, -0.25) is 9.36 Å². The van der Waals surface area contributed by atoms with E-state index in [1.807, 2.05) is 42.5 Å². The standard InChI is InChI=1S/C28H19BrCl2N2O2S/c1-35-23-11-7-17(29)12-16(23)13-24-27(34)33-26(20-10-8-18(30)14-22(20)31)21-9-6-15-4-2-3-5-19(15)25(21)32-28(33)36-24/h2-5,7-8,10-14,26H,6,9H2,1H3. The zero-order chi connectivity index (χ0) is 25.0. The van der Waals surface area contributed by atoms with Crippen LogP contribution in [0, 0.1) is 0 Å². The van der Waals surface area contributed by atoms with E-state index < -0.39 is 0 Å². The van der Waals surface area contributed by atoms with Gasteiger partial charge in [0.05, 0.1) is 23.4 Å². The Morgan fingerprint density at radius 3 is 2.75 bits per heavy atom. The third-order valence-electron chi connectivity index (χ3n) is 6.61. The molecular weight excluding hydrogens is 579 g/mol. The lowest BCUT2D eigenvalue weighted by Gasteiger charge is -2.31. The number of halogens is 3. The van der Waals surface area contributed by atoms with E-state index in [9.17, 15) is 4.79 Å². The molecular formula is C28H19BrCl2N2O2S. The highest BCUT2D eigenvalue weighted by Gasteiger charge is 2.33. The molecule has 4 aromatic rings. The van der Waals surface area contributed by atoms with Crippen LogP contribution >= 0.6 is 50.5 Å². The summed E-state index contributed by atoms with van der Waals surface area (Å²) in [6, 6.07) is 19.2. The van der Waals surface area contributed by atoms with Crippen molar-refractivity contribution in [1.82, 2.24) is 4.57 Å². The summed E-state index contributed by atoms with van der Waals surface area (Å²) in [6.07, 6.45) is 3.54. The molecule has 6 rings (SSSR count). The number of thiazole rings is 1. The van der Waals surface area contributed by atoms with Gasteiger partial charge in [0.1, 0.15) is 5.75 Å². The average molecular weight is 598 g/mol. The molecule has 0 radical (unpaired) electrons. The highest BCUT2D eigenvalue weighted by atomic mass is 79.9. The lowest BCUT2D eigenvalue weighted by Crippen LogP contribution is -2.38. The first kappa shape index (κ1) is 23.7. The molecule has 1 aliphatic heterocycles. The van der Waals surface area contributed by atoms with Gasteiger partial charge >= 0.3 is 0 Å². The topological polar surface area (TPSA) is 43.6 Å². The maximum absolute atomic E-state index is 13.9. The maximum Gasteiger partial charge on any atom is 0.271 e. The molecule has 2 heterocycles. The van der Waals surface area contributed by atoms with E-state index in [1.54, 1.807) is 17.7 Å². The Morgan fingerprint density at radius 2 is 1.94 bits per heavy atom. The first-order valence-electron chi connectivity index (χ1n) is 11.4. The highest BCUT2D eigenvalue weighted by molar-refractivity contribution is 9.10. The predicted octanol–water partition coefficient (Wildman–Crippen LogP) is 6.40. The van der Waals surface area contributed by atoms with Crippen molar-refractivity contribution in [2.24, 2.45) is 4.99 Å². The van der Waals surface area contributed by atoms with Gasteiger partial charge in [0, 0.05) is 25.6 Å². The summed E-state index contributed by atoms with van der Waals surface area (Å²) in [4.78, 5) is 19.6. The molecule has 0 N–H and O–H groups in total. The minimum absolute atomic E-state index is 0.109. The second kappa shape index (κ2) is 9.34. The summed E-state index contributed by atoms with van der Waals surface area (Å²) in [7, 11) is 1.62. The van der Waals surface area contributed by atoms with Crippen molar-refractivity contribution in [3.63, 3.8) is 0 Å².